The van der Waals surface area contributed by atoms with Crippen LogP contribution in [0, 0.1) is 6.92 Å². The molecule has 1 fully saturated rings. The third-order valence-corrected chi connectivity index (χ3v) is 3.51. The standard InChI is InChI=1S/C13H18BrNO/c1-10-7-12(14)5-4-11(10)8-15-9-13-3-2-6-16-13/h4-5,7,13,15H,2-3,6,8-9H2,1H3. The third kappa shape index (κ3) is 3.30. The molecule has 1 aromatic rings. The number of halogens is 1. The van der Waals surface area contributed by atoms with Crippen molar-refractivity contribution in [1.29, 1.82) is 0 Å². The van der Waals surface area contributed by atoms with Gasteiger partial charge in [0.25, 0.3) is 0 Å². The predicted molar refractivity (Wildman–Crippen MR) is 69.6 cm³/mol. The second kappa shape index (κ2) is 5.80. The lowest BCUT2D eigenvalue weighted by Crippen LogP contribution is -2.26. The van der Waals surface area contributed by atoms with Crippen molar-refractivity contribution in [2.75, 3.05) is 13.2 Å². The van der Waals surface area contributed by atoms with Gasteiger partial charge >= 0.3 is 0 Å². The summed E-state index contributed by atoms with van der Waals surface area (Å²) in [5.74, 6) is 0. The van der Waals surface area contributed by atoms with E-state index in [-0.39, 0.29) is 0 Å². The van der Waals surface area contributed by atoms with Crippen molar-refractivity contribution < 1.29 is 4.74 Å². The van der Waals surface area contributed by atoms with E-state index >= 15 is 0 Å². The summed E-state index contributed by atoms with van der Waals surface area (Å²) in [6.07, 6.45) is 2.84. The van der Waals surface area contributed by atoms with Gasteiger partial charge in [0.1, 0.15) is 0 Å². The number of ether oxygens (including phenoxy) is 1. The molecule has 0 amide bonds. The van der Waals surface area contributed by atoms with Crippen molar-refractivity contribution in [3.63, 3.8) is 0 Å². The second-order valence-corrected chi connectivity index (χ2v) is 5.25. The van der Waals surface area contributed by atoms with Gasteiger partial charge in [0.15, 0.2) is 0 Å². The lowest BCUT2D eigenvalue weighted by Gasteiger charge is -2.12. The van der Waals surface area contributed by atoms with Crippen molar-refractivity contribution in [1.82, 2.24) is 5.32 Å². The van der Waals surface area contributed by atoms with Gasteiger partial charge in [-0.15, -0.1) is 0 Å². The van der Waals surface area contributed by atoms with Crippen LogP contribution in [0.1, 0.15) is 24.0 Å². The van der Waals surface area contributed by atoms with Gasteiger partial charge in [-0.25, -0.2) is 0 Å². The lowest BCUT2D eigenvalue weighted by molar-refractivity contribution is 0.110. The first-order valence-corrected chi connectivity index (χ1v) is 6.62. The maximum atomic E-state index is 5.57. The summed E-state index contributed by atoms with van der Waals surface area (Å²) in [4.78, 5) is 0. The van der Waals surface area contributed by atoms with E-state index in [9.17, 15) is 0 Å². The van der Waals surface area contributed by atoms with Gasteiger partial charge in [-0.3, -0.25) is 0 Å². The average Bonchev–Trinajstić information content (AvgIpc) is 2.74. The Hall–Kier alpha value is -0.380. The Balaban J connectivity index is 1.80. The molecule has 16 heavy (non-hydrogen) atoms. The average molecular weight is 284 g/mol. The highest BCUT2D eigenvalue weighted by Crippen LogP contribution is 2.16. The summed E-state index contributed by atoms with van der Waals surface area (Å²) in [5.41, 5.74) is 2.69. The number of hydrogen-bond acceptors (Lipinski definition) is 2. The molecule has 0 aliphatic carbocycles. The maximum Gasteiger partial charge on any atom is 0.0700 e. The molecule has 3 heteroatoms. The maximum absolute atomic E-state index is 5.57. The SMILES string of the molecule is Cc1cc(Br)ccc1CNCC1CCCO1. The summed E-state index contributed by atoms with van der Waals surface area (Å²) in [7, 11) is 0. The van der Waals surface area contributed by atoms with E-state index in [1.54, 1.807) is 0 Å². The minimum absolute atomic E-state index is 0.427. The topological polar surface area (TPSA) is 21.3 Å². The normalized spacial score (nSPS) is 20.2. The fourth-order valence-electron chi connectivity index (χ4n) is 2.03. The first kappa shape index (κ1) is 12.1. The quantitative estimate of drug-likeness (QED) is 0.917. The number of rotatable bonds is 4. The minimum Gasteiger partial charge on any atom is -0.377 e. The van der Waals surface area contributed by atoms with Crippen LogP contribution in [0.4, 0.5) is 0 Å². The summed E-state index contributed by atoms with van der Waals surface area (Å²) in [6, 6.07) is 6.42. The highest BCUT2D eigenvalue weighted by molar-refractivity contribution is 9.10. The van der Waals surface area contributed by atoms with E-state index < -0.39 is 0 Å². The van der Waals surface area contributed by atoms with Crippen LogP contribution in [-0.2, 0) is 11.3 Å². The first-order chi connectivity index (χ1) is 7.75. The molecule has 0 saturated carbocycles. The van der Waals surface area contributed by atoms with E-state index in [1.165, 1.54) is 24.0 Å². The Morgan fingerprint density at radius 3 is 3.06 bits per heavy atom. The Bertz CT molecular complexity index is 348. The van der Waals surface area contributed by atoms with E-state index in [0.29, 0.717) is 6.10 Å². The zero-order valence-electron chi connectivity index (χ0n) is 9.63. The third-order valence-electron chi connectivity index (χ3n) is 3.02. The molecule has 1 aliphatic heterocycles. The Morgan fingerprint density at radius 2 is 2.38 bits per heavy atom. The molecule has 0 bridgehead atoms. The van der Waals surface area contributed by atoms with Crippen molar-refractivity contribution >= 4 is 15.9 Å². The highest BCUT2D eigenvalue weighted by Gasteiger charge is 2.14. The monoisotopic (exact) mass is 283 g/mol. The zero-order chi connectivity index (χ0) is 11.4. The lowest BCUT2D eigenvalue weighted by atomic mass is 10.1. The molecule has 1 atom stereocenters. The van der Waals surface area contributed by atoms with Crippen LogP contribution in [-0.4, -0.2) is 19.3 Å². The molecule has 88 valence electrons. The molecule has 1 aliphatic rings. The van der Waals surface area contributed by atoms with E-state index in [0.717, 1.165) is 24.2 Å². The molecule has 0 radical (unpaired) electrons. The van der Waals surface area contributed by atoms with Gasteiger partial charge in [-0.05, 0) is 43.0 Å². The fraction of sp³-hybridized carbons (Fsp3) is 0.538. The van der Waals surface area contributed by atoms with Crippen LogP contribution in [0.15, 0.2) is 22.7 Å². The molecule has 0 aromatic heterocycles. The largest absolute Gasteiger partial charge is 0.377 e. The molecular weight excluding hydrogens is 266 g/mol. The molecule has 1 unspecified atom stereocenters. The minimum atomic E-state index is 0.427. The molecule has 1 heterocycles. The van der Waals surface area contributed by atoms with Crippen molar-refractivity contribution in [2.24, 2.45) is 0 Å². The predicted octanol–water partition coefficient (Wildman–Crippen LogP) is 3.03. The van der Waals surface area contributed by atoms with Gasteiger partial charge < -0.3 is 10.1 Å². The summed E-state index contributed by atoms with van der Waals surface area (Å²) >= 11 is 3.48. The number of benzene rings is 1. The molecule has 2 nitrogen and oxygen atoms in total. The fourth-order valence-corrected chi connectivity index (χ4v) is 2.51. The van der Waals surface area contributed by atoms with Crippen LogP contribution in [0.5, 0.6) is 0 Å². The number of aryl methyl sites for hydroxylation is 1. The van der Waals surface area contributed by atoms with Gasteiger partial charge in [0.2, 0.25) is 0 Å². The van der Waals surface area contributed by atoms with Gasteiger partial charge in [0, 0.05) is 24.2 Å². The van der Waals surface area contributed by atoms with Crippen molar-refractivity contribution in [3.8, 4) is 0 Å². The van der Waals surface area contributed by atoms with Gasteiger partial charge in [-0.2, -0.15) is 0 Å². The molecule has 2 rings (SSSR count). The molecule has 1 aromatic carbocycles. The van der Waals surface area contributed by atoms with Gasteiger partial charge in [-0.1, -0.05) is 22.0 Å². The van der Waals surface area contributed by atoms with Crippen LogP contribution < -0.4 is 5.32 Å². The van der Waals surface area contributed by atoms with E-state index in [4.69, 9.17) is 4.74 Å². The molecule has 1 N–H and O–H groups in total. The Kier molecular flexibility index (Phi) is 4.38. The molecular formula is C13H18BrNO. The molecule has 0 spiro atoms. The van der Waals surface area contributed by atoms with Crippen LogP contribution in [0.3, 0.4) is 0 Å². The highest BCUT2D eigenvalue weighted by atomic mass is 79.9. The number of hydrogen-bond donors (Lipinski definition) is 1. The van der Waals surface area contributed by atoms with Gasteiger partial charge in [0.05, 0.1) is 6.10 Å². The second-order valence-electron chi connectivity index (χ2n) is 4.34. The Morgan fingerprint density at radius 1 is 1.50 bits per heavy atom. The van der Waals surface area contributed by atoms with E-state index in [2.05, 4.69) is 46.4 Å². The molecule has 1 saturated heterocycles. The van der Waals surface area contributed by atoms with Crippen LogP contribution in [0.2, 0.25) is 0 Å². The summed E-state index contributed by atoms with van der Waals surface area (Å²) < 4.78 is 6.72. The summed E-state index contributed by atoms with van der Waals surface area (Å²) in [5, 5.41) is 3.46. The Labute approximate surface area is 106 Å². The zero-order valence-corrected chi connectivity index (χ0v) is 11.2. The van der Waals surface area contributed by atoms with Crippen LogP contribution in [0.25, 0.3) is 0 Å². The summed E-state index contributed by atoms with van der Waals surface area (Å²) in [6.45, 7) is 4.98. The van der Waals surface area contributed by atoms with Crippen molar-refractivity contribution in [3.05, 3.63) is 33.8 Å². The first-order valence-electron chi connectivity index (χ1n) is 5.83. The van der Waals surface area contributed by atoms with Crippen LogP contribution >= 0.6 is 15.9 Å². The van der Waals surface area contributed by atoms with Crippen molar-refractivity contribution in [2.45, 2.75) is 32.4 Å². The smallest absolute Gasteiger partial charge is 0.0700 e. The van der Waals surface area contributed by atoms with E-state index in [1.807, 2.05) is 0 Å². The number of nitrogens with one attached hydrogen (secondary N) is 1.